The van der Waals surface area contributed by atoms with Crippen LogP contribution in [0.25, 0.3) is 0 Å². The smallest absolute Gasteiger partial charge is 0.177 e. The molecule has 1 aromatic heterocycles. The summed E-state index contributed by atoms with van der Waals surface area (Å²) < 4.78 is 3.37. The molecule has 0 aliphatic heterocycles. The topological polar surface area (TPSA) is 20.7 Å². The first kappa shape index (κ1) is 13.4. The van der Waals surface area contributed by atoms with Gasteiger partial charge in [0.1, 0.15) is 0 Å². The minimum Gasteiger partial charge on any atom is -0.337 e. The average molecular weight is 278 g/mol. The number of nitrogens with one attached hydrogen (secondary N) is 1. The molecule has 1 aromatic rings. The molecular formula is C16H26N2S. The van der Waals surface area contributed by atoms with Crippen LogP contribution in [0.5, 0.6) is 0 Å². The number of H-pyrrole nitrogens is 1. The molecule has 0 radical (unpaired) electrons. The maximum Gasteiger partial charge on any atom is 0.177 e. The number of nitrogens with zero attached hydrogens (tertiary/aromatic N) is 1. The van der Waals surface area contributed by atoms with Gasteiger partial charge in [0.05, 0.1) is 0 Å². The summed E-state index contributed by atoms with van der Waals surface area (Å²) in [5.74, 6) is 1.38. The second-order valence-corrected chi connectivity index (χ2v) is 8.25. The van der Waals surface area contributed by atoms with Crippen LogP contribution in [0.15, 0.2) is 6.20 Å². The van der Waals surface area contributed by atoms with Crippen molar-refractivity contribution in [2.75, 3.05) is 0 Å². The van der Waals surface area contributed by atoms with Crippen LogP contribution >= 0.6 is 12.2 Å². The molecule has 0 saturated heterocycles. The van der Waals surface area contributed by atoms with E-state index in [0.717, 1.165) is 10.7 Å². The number of hydrogen-bond acceptors (Lipinski definition) is 1. The first-order valence-corrected chi connectivity index (χ1v) is 7.98. The standard InChI is InChI=1S/C16H26N2S/c1-10(2)12-9-17-14(19)18(12)13-15(3,4)11-6-7-16(13,5)8-11/h9-11,13H,6-8H2,1-5H3,(H,17,19). The molecule has 2 saturated carbocycles. The SMILES string of the molecule is CC(C)c1c[nH]c(=S)n1C1C2(C)CCC(C2)C1(C)C. The Labute approximate surface area is 121 Å². The van der Waals surface area contributed by atoms with Gasteiger partial charge in [0.2, 0.25) is 0 Å². The predicted molar refractivity (Wildman–Crippen MR) is 82.0 cm³/mol. The number of fused-ring (bicyclic) bond motifs is 2. The van der Waals surface area contributed by atoms with E-state index in [-0.39, 0.29) is 0 Å². The van der Waals surface area contributed by atoms with Crippen LogP contribution in [0.3, 0.4) is 0 Å². The Kier molecular flexibility index (Phi) is 2.80. The Morgan fingerprint density at radius 3 is 2.58 bits per heavy atom. The number of rotatable bonds is 2. The minimum absolute atomic E-state index is 0.358. The van der Waals surface area contributed by atoms with Gasteiger partial charge in [-0.2, -0.15) is 0 Å². The van der Waals surface area contributed by atoms with E-state index in [4.69, 9.17) is 12.2 Å². The van der Waals surface area contributed by atoms with E-state index in [0.29, 0.717) is 22.8 Å². The highest BCUT2D eigenvalue weighted by Crippen LogP contribution is 2.68. The van der Waals surface area contributed by atoms with E-state index >= 15 is 0 Å². The van der Waals surface area contributed by atoms with Crippen LogP contribution in [0, 0.1) is 21.5 Å². The molecule has 3 heteroatoms. The molecule has 2 nitrogen and oxygen atoms in total. The van der Waals surface area contributed by atoms with Crippen LogP contribution in [0.4, 0.5) is 0 Å². The summed E-state index contributed by atoms with van der Waals surface area (Å²) in [6.07, 6.45) is 6.25. The first-order valence-electron chi connectivity index (χ1n) is 7.57. The van der Waals surface area contributed by atoms with Crippen LogP contribution in [0.1, 0.15) is 71.5 Å². The second kappa shape index (κ2) is 3.97. The molecule has 3 rings (SSSR count). The maximum atomic E-state index is 5.60. The fourth-order valence-electron chi connectivity index (χ4n) is 5.02. The molecule has 2 bridgehead atoms. The van der Waals surface area contributed by atoms with Gasteiger partial charge in [-0.25, -0.2) is 0 Å². The van der Waals surface area contributed by atoms with E-state index in [1.54, 1.807) is 0 Å². The van der Waals surface area contributed by atoms with E-state index in [1.165, 1.54) is 25.0 Å². The molecule has 106 valence electrons. The van der Waals surface area contributed by atoms with Gasteiger partial charge in [0.15, 0.2) is 4.77 Å². The van der Waals surface area contributed by atoms with Gasteiger partial charge in [-0.15, -0.1) is 0 Å². The maximum absolute atomic E-state index is 5.60. The number of imidazole rings is 1. The Morgan fingerprint density at radius 1 is 1.37 bits per heavy atom. The van der Waals surface area contributed by atoms with Crippen molar-refractivity contribution >= 4 is 12.2 Å². The van der Waals surface area contributed by atoms with Gasteiger partial charge in [-0.3, -0.25) is 0 Å². The molecule has 19 heavy (non-hydrogen) atoms. The zero-order chi connectivity index (χ0) is 14.0. The van der Waals surface area contributed by atoms with Crippen LogP contribution in [-0.2, 0) is 0 Å². The summed E-state index contributed by atoms with van der Waals surface area (Å²) in [4.78, 5) is 3.29. The molecule has 1 N–H and O–H groups in total. The lowest BCUT2D eigenvalue weighted by Crippen LogP contribution is -2.38. The van der Waals surface area contributed by atoms with Gasteiger partial charge in [-0.05, 0) is 54.1 Å². The molecule has 3 atom stereocenters. The molecule has 2 fully saturated rings. The van der Waals surface area contributed by atoms with Gasteiger partial charge < -0.3 is 9.55 Å². The first-order chi connectivity index (χ1) is 8.77. The number of hydrogen-bond donors (Lipinski definition) is 1. The van der Waals surface area contributed by atoms with Crippen molar-refractivity contribution in [3.8, 4) is 0 Å². The van der Waals surface area contributed by atoms with E-state index in [1.807, 2.05) is 0 Å². The average Bonchev–Trinajstić information content (AvgIpc) is 2.89. The summed E-state index contributed by atoms with van der Waals surface area (Å²) in [6, 6.07) is 0.551. The lowest BCUT2D eigenvalue weighted by molar-refractivity contribution is 0.0797. The minimum atomic E-state index is 0.358. The number of aromatic nitrogens is 2. The molecule has 3 unspecified atom stereocenters. The summed E-state index contributed by atoms with van der Waals surface area (Å²) in [7, 11) is 0. The molecule has 2 aliphatic carbocycles. The van der Waals surface area contributed by atoms with Crippen LogP contribution in [0.2, 0.25) is 0 Å². The van der Waals surface area contributed by atoms with Crippen molar-refractivity contribution in [3.63, 3.8) is 0 Å². The van der Waals surface area contributed by atoms with E-state index < -0.39 is 0 Å². The third-order valence-corrected chi connectivity index (χ3v) is 6.20. The van der Waals surface area contributed by atoms with Gasteiger partial charge in [-0.1, -0.05) is 34.6 Å². The van der Waals surface area contributed by atoms with Crippen LogP contribution in [-0.4, -0.2) is 9.55 Å². The Bertz CT molecular complexity index is 547. The fraction of sp³-hybridized carbons (Fsp3) is 0.812. The molecular weight excluding hydrogens is 252 g/mol. The number of aromatic amines is 1. The Balaban J connectivity index is 2.17. The molecule has 0 aromatic carbocycles. The highest BCUT2D eigenvalue weighted by atomic mass is 32.1. The van der Waals surface area contributed by atoms with Crippen molar-refractivity contribution in [1.29, 1.82) is 0 Å². The predicted octanol–water partition coefficient (Wildman–Crippen LogP) is 5.06. The molecule has 1 heterocycles. The van der Waals surface area contributed by atoms with Crippen molar-refractivity contribution in [2.45, 2.75) is 65.8 Å². The van der Waals surface area contributed by atoms with Gasteiger partial charge in [0, 0.05) is 17.9 Å². The van der Waals surface area contributed by atoms with E-state index in [9.17, 15) is 0 Å². The third-order valence-electron chi connectivity index (χ3n) is 5.88. The Hall–Kier alpha value is -0.570. The quantitative estimate of drug-likeness (QED) is 0.750. The summed E-state index contributed by atoms with van der Waals surface area (Å²) in [5, 5.41) is 0. The summed E-state index contributed by atoms with van der Waals surface area (Å²) in [5.41, 5.74) is 2.16. The van der Waals surface area contributed by atoms with Crippen molar-refractivity contribution in [1.82, 2.24) is 9.55 Å². The van der Waals surface area contributed by atoms with Gasteiger partial charge in [0.25, 0.3) is 0 Å². The molecule has 0 amide bonds. The lowest BCUT2D eigenvalue weighted by Gasteiger charge is -2.44. The van der Waals surface area contributed by atoms with Crippen molar-refractivity contribution in [2.24, 2.45) is 16.7 Å². The molecule has 2 aliphatic rings. The fourth-order valence-corrected chi connectivity index (χ4v) is 5.29. The molecule has 0 spiro atoms. The largest absolute Gasteiger partial charge is 0.337 e. The lowest BCUT2D eigenvalue weighted by atomic mass is 9.68. The Morgan fingerprint density at radius 2 is 2.05 bits per heavy atom. The van der Waals surface area contributed by atoms with Crippen molar-refractivity contribution < 1.29 is 0 Å². The second-order valence-electron chi connectivity index (χ2n) is 7.86. The highest BCUT2D eigenvalue weighted by molar-refractivity contribution is 7.71. The highest BCUT2D eigenvalue weighted by Gasteiger charge is 2.60. The van der Waals surface area contributed by atoms with Crippen LogP contribution < -0.4 is 0 Å². The summed E-state index contributed by atoms with van der Waals surface area (Å²) >= 11 is 5.60. The monoisotopic (exact) mass is 278 g/mol. The van der Waals surface area contributed by atoms with Gasteiger partial charge >= 0.3 is 0 Å². The summed E-state index contributed by atoms with van der Waals surface area (Å²) in [6.45, 7) is 11.9. The zero-order valence-corrected chi connectivity index (χ0v) is 13.6. The zero-order valence-electron chi connectivity index (χ0n) is 12.8. The normalized spacial score (nSPS) is 36.3. The third kappa shape index (κ3) is 1.70. The van der Waals surface area contributed by atoms with E-state index in [2.05, 4.69) is 50.4 Å². The van der Waals surface area contributed by atoms with Crippen molar-refractivity contribution in [3.05, 3.63) is 16.7 Å².